The number of hydrogen-bond donors (Lipinski definition) is 1. The van der Waals surface area contributed by atoms with Crippen molar-refractivity contribution < 1.29 is 0 Å². The van der Waals surface area contributed by atoms with Crippen molar-refractivity contribution in [2.24, 2.45) is 8.73 Å². The van der Waals surface area contributed by atoms with E-state index in [1.54, 1.807) is 22.9 Å². The van der Waals surface area contributed by atoms with Crippen LogP contribution in [0.2, 0.25) is 10.0 Å². The van der Waals surface area contributed by atoms with Crippen molar-refractivity contribution in [3.63, 3.8) is 0 Å². The molecule has 1 N–H and O–H groups in total. The van der Waals surface area contributed by atoms with Crippen LogP contribution in [0.25, 0.3) is 0 Å². The monoisotopic (exact) mass is 330 g/mol. The van der Waals surface area contributed by atoms with E-state index in [1.165, 1.54) is 0 Å². The van der Waals surface area contributed by atoms with Crippen LogP contribution in [0.15, 0.2) is 26.5 Å². The van der Waals surface area contributed by atoms with Crippen LogP contribution in [-0.2, 0) is 11.4 Å². The van der Waals surface area contributed by atoms with E-state index < -0.39 is 0 Å². The van der Waals surface area contributed by atoms with Gasteiger partial charge in [-0.15, -0.1) is 11.3 Å². The molecular formula is C11H8Cl2N4S2. The fraction of sp³-hybridized carbons (Fsp3) is 0.182. The standard InChI is InChI=1S/C11H8Cl2N4S2/c1-5(8-3-14-4-18-8)15-9-6(12)2-7(13)10-11(9)17-19-16-10/h2-5,15H,1H3. The largest absolute Gasteiger partial charge is 0.375 e. The molecule has 0 fully saturated rings. The lowest BCUT2D eigenvalue weighted by atomic mass is 10.2. The van der Waals surface area contributed by atoms with Gasteiger partial charge in [-0.1, -0.05) is 23.2 Å². The summed E-state index contributed by atoms with van der Waals surface area (Å²) in [6, 6.07) is 1.78. The lowest BCUT2D eigenvalue weighted by molar-refractivity contribution is 0.904. The van der Waals surface area contributed by atoms with Gasteiger partial charge in [0.05, 0.1) is 38.6 Å². The third kappa shape index (κ3) is 2.41. The van der Waals surface area contributed by atoms with Crippen molar-refractivity contribution in [3.8, 4) is 0 Å². The lowest BCUT2D eigenvalue weighted by Gasteiger charge is -2.16. The number of hydrogen-bond acceptors (Lipinski definition) is 5. The third-order valence-corrected chi connectivity index (χ3v) is 4.76. The van der Waals surface area contributed by atoms with E-state index in [0.717, 1.165) is 21.9 Å². The molecule has 1 aliphatic rings. The van der Waals surface area contributed by atoms with Crippen molar-refractivity contribution in [2.75, 3.05) is 5.32 Å². The van der Waals surface area contributed by atoms with Crippen molar-refractivity contribution in [3.05, 3.63) is 32.7 Å². The smallest absolute Gasteiger partial charge is 0.130 e. The summed E-state index contributed by atoms with van der Waals surface area (Å²) in [6.45, 7) is 2.05. The molecule has 1 unspecified atom stereocenters. The quantitative estimate of drug-likeness (QED) is 0.703. The molecule has 8 heteroatoms. The molecule has 0 saturated heterocycles. The van der Waals surface area contributed by atoms with Crippen LogP contribution in [0, 0.1) is 0 Å². The molecule has 1 atom stereocenters. The molecule has 1 aromatic carbocycles. The number of thiazole rings is 1. The maximum Gasteiger partial charge on any atom is 0.130 e. The maximum absolute atomic E-state index is 6.25. The minimum absolute atomic E-state index is 0.0936. The Kier molecular flexibility index (Phi) is 3.58. The number of rotatable bonds is 3. The normalized spacial score (nSPS) is 14.1. The van der Waals surface area contributed by atoms with E-state index in [1.807, 2.05) is 13.1 Å². The molecule has 0 saturated carbocycles. The third-order valence-electron chi connectivity index (χ3n) is 2.68. The van der Waals surface area contributed by atoms with Crippen LogP contribution in [0.5, 0.6) is 0 Å². The summed E-state index contributed by atoms with van der Waals surface area (Å²) in [4.78, 5) is 5.20. The molecule has 1 aromatic heterocycles. The highest BCUT2D eigenvalue weighted by Crippen LogP contribution is 2.48. The molecule has 0 bridgehead atoms. The zero-order valence-electron chi connectivity index (χ0n) is 9.72. The summed E-state index contributed by atoms with van der Waals surface area (Å²) < 4.78 is 8.44. The predicted molar refractivity (Wildman–Crippen MR) is 82.2 cm³/mol. The molecule has 2 heterocycles. The summed E-state index contributed by atoms with van der Waals surface area (Å²) in [5, 5.41) is 4.41. The molecule has 98 valence electrons. The Morgan fingerprint density at radius 1 is 1.21 bits per heavy atom. The van der Waals surface area contributed by atoms with Crippen molar-refractivity contribution in [1.29, 1.82) is 0 Å². The number of aromatic nitrogens is 1. The van der Waals surface area contributed by atoms with Gasteiger partial charge in [-0.3, -0.25) is 4.98 Å². The van der Waals surface area contributed by atoms with Crippen LogP contribution in [0.1, 0.15) is 17.8 Å². The maximum atomic E-state index is 6.25. The van der Waals surface area contributed by atoms with Gasteiger partial charge in [-0.2, -0.15) is 8.73 Å². The van der Waals surface area contributed by atoms with Gasteiger partial charge < -0.3 is 5.32 Å². The highest BCUT2D eigenvalue weighted by molar-refractivity contribution is 7.58. The molecule has 19 heavy (non-hydrogen) atoms. The van der Waals surface area contributed by atoms with Gasteiger partial charge in [-0.25, -0.2) is 0 Å². The zero-order chi connectivity index (χ0) is 13.4. The highest BCUT2D eigenvalue weighted by Gasteiger charge is 2.20. The first-order valence-electron chi connectivity index (χ1n) is 5.42. The minimum Gasteiger partial charge on any atom is -0.375 e. The Balaban J connectivity index is 1.98. The van der Waals surface area contributed by atoms with Gasteiger partial charge in [0.1, 0.15) is 11.4 Å². The molecule has 0 radical (unpaired) electrons. The van der Waals surface area contributed by atoms with Crippen molar-refractivity contribution >= 4 is 63.0 Å². The molecule has 0 amide bonds. The fourth-order valence-corrected chi connectivity index (χ4v) is 3.53. The molecule has 4 nitrogen and oxygen atoms in total. The number of nitrogens with one attached hydrogen (secondary N) is 1. The van der Waals surface area contributed by atoms with Gasteiger partial charge in [-0.05, 0) is 13.0 Å². The van der Waals surface area contributed by atoms with Crippen LogP contribution < -0.4 is 5.32 Å². The van der Waals surface area contributed by atoms with Crippen LogP contribution in [0.4, 0.5) is 17.1 Å². The number of nitrogens with zero attached hydrogens (tertiary/aromatic N) is 3. The lowest BCUT2D eigenvalue weighted by Crippen LogP contribution is -2.05. The van der Waals surface area contributed by atoms with Crippen LogP contribution in [-0.4, -0.2) is 4.98 Å². The van der Waals surface area contributed by atoms with E-state index in [-0.39, 0.29) is 6.04 Å². The topological polar surface area (TPSA) is 49.6 Å². The Morgan fingerprint density at radius 3 is 2.74 bits per heavy atom. The minimum atomic E-state index is 0.0936. The number of benzene rings is 1. The average molecular weight is 331 g/mol. The summed E-state index contributed by atoms with van der Waals surface area (Å²) in [5.41, 5.74) is 3.95. The molecule has 2 aromatic rings. The zero-order valence-corrected chi connectivity index (χ0v) is 12.9. The van der Waals surface area contributed by atoms with E-state index >= 15 is 0 Å². The Bertz CT molecular complexity index is 693. The van der Waals surface area contributed by atoms with Gasteiger partial charge in [0, 0.05) is 11.1 Å². The van der Waals surface area contributed by atoms with E-state index in [9.17, 15) is 0 Å². The first-order valence-corrected chi connectivity index (χ1v) is 7.78. The molecule has 1 aliphatic heterocycles. The number of halogens is 2. The van der Waals surface area contributed by atoms with Gasteiger partial charge in [0.2, 0.25) is 0 Å². The Labute approximate surface area is 127 Å². The summed E-state index contributed by atoms with van der Waals surface area (Å²) in [5.74, 6) is 0. The molecule has 0 spiro atoms. The molecule has 3 rings (SSSR count). The van der Waals surface area contributed by atoms with E-state index in [2.05, 4.69) is 19.0 Å². The van der Waals surface area contributed by atoms with Crippen LogP contribution in [0.3, 0.4) is 0 Å². The summed E-state index contributed by atoms with van der Waals surface area (Å²) in [7, 11) is 0. The number of fused-ring (bicyclic) bond motifs is 1. The second-order valence-corrected chi connectivity index (χ2v) is 6.21. The van der Waals surface area contributed by atoms with Crippen molar-refractivity contribution in [1.82, 2.24) is 4.98 Å². The van der Waals surface area contributed by atoms with E-state index in [0.29, 0.717) is 21.4 Å². The Morgan fingerprint density at radius 2 is 2.00 bits per heavy atom. The second-order valence-electron chi connectivity index (χ2n) is 3.95. The first-order chi connectivity index (χ1) is 9.16. The Hall–Kier alpha value is -0.950. The van der Waals surface area contributed by atoms with Crippen LogP contribution >= 0.6 is 34.5 Å². The molecular weight excluding hydrogens is 323 g/mol. The fourth-order valence-electron chi connectivity index (χ4n) is 1.74. The highest BCUT2D eigenvalue weighted by atomic mass is 35.5. The van der Waals surface area contributed by atoms with Gasteiger partial charge in [0.25, 0.3) is 0 Å². The molecule has 0 aliphatic carbocycles. The SMILES string of the molecule is CC(Nc1c(Cl)cc(Cl)c2c1N=S=N2)c1cncs1. The second kappa shape index (κ2) is 5.20. The summed E-state index contributed by atoms with van der Waals surface area (Å²) >= 11 is 15.1. The van der Waals surface area contributed by atoms with Gasteiger partial charge in [0.15, 0.2) is 0 Å². The van der Waals surface area contributed by atoms with Crippen molar-refractivity contribution in [2.45, 2.75) is 13.0 Å². The summed E-state index contributed by atoms with van der Waals surface area (Å²) in [6.07, 6.45) is 1.84. The first kappa shape index (κ1) is 13.1. The average Bonchev–Trinajstić information content (AvgIpc) is 3.04. The van der Waals surface area contributed by atoms with E-state index in [4.69, 9.17) is 23.2 Å². The van der Waals surface area contributed by atoms with Gasteiger partial charge >= 0.3 is 0 Å². The number of anilines is 1. The predicted octanol–water partition coefficient (Wildman–Crippen LogP) is 5.35.